The molecule has 0 aliphatic heterocycles. The molecule has 16 heavy (non-hydrogen) atoms. The van der Waals surface area contributed by atoms with E-state index in [1.54, 1.807) is 0 Å². The monoisotopic (exact) mass is 218 g/mol. The highest BCUT2D eigenvalue weighted by atomic mass is 16.1. The van der Waals surface area contributed by atoms with Crippen molar-refractivity contribution in [1.82, 2.24) is 5.32 Å². The molecule has 0 unspecified atom stereocenters. The minimum atomic E-state index is -0.222. The van der Waals surface area contributed by atoms with Crippen molar-refractivity contribution in [2.24, 2.45) is 11.7 Å². The molecule has 1 aliphatic carbocycles. The molecule has 0 heterocycles. The minimum absolute atomic E-state index is 0.158. The fraction of sp³-hybridized carbons (Fsp3) is 0.462. The van der Waals surface area contributed by atoms with Gasteiger partial charge >= 0.3 is 0 Å². The Kier molecular flexibility index (Phi) is 3.57. The van der Waals surface area contributed by atoms with E-state index < -0.39 is 0 Å². The van der Waals surface area contributed by atoms with Crippen LogP contribution in [0.4, 0.5) is 0 Å². The van der Waals surface area contributed by atoms with Crippen LogP contribution in [-0.2, 0) is 11.3 Å². The summed E-state index contributed by atoms with van der Waals surface area (Å²) in [6.07, 6.45) is 3.46. The zero-order valence-corrected chi connectivity index (χ0v) is 9.36. The van der Waals surface area contributed by atoms with Gasteiger partial charge in [-0.1, -0.05) is 36.8 Å². The number of primary amides is 1. The molecule has 1 atom stereocenters. The van der Waals surface area contributed by atoms with Crippen LogP contribution in [0.3, 0.4) is 0 Å². The molecule has 0 spiro atoms. The van der Waals surface area contributed by atoms with Gasteiger partial charge in [0.15, 0.2) is 0 Å². The van der Waals surface area contributed by atoms with E-state index >= 15 is 0 Å². The van der Waals surface area contributed by atoms with E-state index in [-0.39, 0.29) is 11.9 Å². The molecule has 1 aromatic carbocycles. The Hall–Kier alpha value is -1.35. The largest absolute Gasteiger partial charge is 0.368 e. The molecule has 1 saturated carbocycles. The molecular formula is C13H18N2O. The molecule has 1 fully saturated rings. The molecule has 3 heteroatoms. The lowest BCUT2D eigenvalue weighted by Gasteiger charge is -2.32. The van der Waals surface area contributed by atoms with Gasteiger partial charge < -0.3 is 11.1 Å². The van der Waals surface area contributed by atoms with E-state index in [0.717, 1.165) is 12.8 Å². The van der Waals surface area contributed by atoms with Gasteiger partial charge in [-0.05, 0) is 24.3 Å². The van der Waals surface area contributed by atoms with E-state index in [0.29, 0.717) is 12.5 Å². The molecule has 1 aromatic rings. The fourth-order valence-corrected chi connectivity index (χ4v) is 2.10. The van der Waals surface area contributed by atoms with Crippen molar-refractivity contribution >= 4 is 5.91 Å². The molecular weight excluding hydrogens is 200 g/mol. The van der Waals surface area contributed by atoms with Gasteiger partial charge in [-0.25, -0.2) is 0 Å². The van der Waals surface area contributed by atoms with Crippen LogP contribution >= 0.6 is 0 Å². The Morgan fingerprint density at radius 3 is 2.56 bits per heavy atom. The summed E-state index contributed by atoms with van der Waals surface area (Å²) in [7, 11) is 0. The Bertz CT molecular complexity index is 346. The normalized spacial score (nSPS) is 17.8. The van der Waals surface area contributed by atoms with Gasteiger partial charge in [0.25, 0.3) is 0 Å². The van der Waals surface area contributed by atoms with Crippen LogP contribution in [0.25, 0.3) is 0 Å². The summed E-state index contributed by atoms with van der Waals surface area (Å²) >= 11 is 0. The van der Waals surface area contributed by atoms with Crippen molar-refractivity contribution in [3.63, 3.8) is 0 Å². The lowest BCUT2D eigenvalue weighted by atomic mass is 9.79. The van der Waals surface area contributed by atoms with Crippen LogP contribution < -0.4 is 11.1 Å². The molecule has 0 bridgehead atoms. The highest BCUT2D eigenvalue weighted by Gasteiger charge is 2.30. The number of rotatable bonds is 5. The average Bonchev–Trinajstić information content (AvgIpc) is 2.22. The van der Waals surface area contributed by atoms with Gasteiger partial charge in [-0.15, -0.1) is 0 Å². The lowest BCUT2D eigenvalue weighted by Crippen LogP contribution is -2.48. The van der Waals surface area contributed by atoms with Crippen LogP contribution in [0.2, 0.25) is 0 Å². The van der Waals surface area contributed by atoms with Crippen molar-refractivity contribution in [1.29, 1.82) is 0 Å². The first kappa shape index (κ1) is 11.1. The summed E-state index contributed by atoms with van der Waals surface area (Å²) in [6.45, 7) is 0.713. The minimum Gasteiger partial charge on any atom is -0.368 e. The van der Waals surface area contributed by atoms with Crippen LogP contribution in [0.15, 0.2) is 30.3 Å². The van der Waals surface area contributed by atoms with E-state index in [1.165, 1.54) is 12.0 Å². The Morgan fingerprint density at radius 2 is 2.06 bits per heavy atom. The highest BCUT2D eigenvalue weighted by molar-refractivity contribution is 5.80. The average molecular weight is 218 g/mol. The van der Waals surface area contributed by atoms with Crippen LogP contribution in [-0.4, -0.2) is 11.9 Å². The van der Waals surface area contributed by atoms with E-state index in [4.69, 9.17) is 5.73 Å². The van der Waals surface area contributed by atoms with Crippen molar-refractivity contribution in [3.05, 3.63) is 35.9 Å². The quantitative estimate of drug-likeness (QED) is 0.785. The number of benzene rings is 1. The van der Waals surface area contributed by atoms with E-state index in [9.17, 15) is 4.79 Å². The molecule has 86 valence electrons. The Morgan fingerprint density at radius 1 is 1.38 bits per heavy atom. The second-order valence-corrected chi connectivity index (χ2v) is 4.44. The van der Waals surface area contributed by atoms with Crippen LogP contribution in [0, 0.1) is 5.92 Å². The zero-order valence-electron chi connectivity index (χ0n) is 9.36. The third kappa shape index (κ3) is 2.61. The Balaban J connectivity index is 1.89. The van der Waals surface area contributed by atoms with Gasteiger partial charge in [0.2, 0.25) is 5.91 Å². The lowest BCUT2D eigenvalue weighted by molar-refractivity contribution is -0.122. The van der Waals surface area contributed by atoms with Gasteiger partial charge in [0.05, 0.1) is 6.04 Å². The van der Waals surface area contributed by atoms with E-state index in [2.05, 4.69) is 5.32 Å². The first-order valence-electron chi connectivity index (χ1n) is 5.84. The third-order valence-electron chi connectivity index (χ3n) is 3.30. The zero-order chi connectivity index (χ0) is 11.4. The van der Waals surface area contributed by atoms with Crippen molar-refractivity contribution in [2.45, 2.75) is 31.8 Å². The van der Waals surface area contributed by atoms with Crippen molar-refractivity contribution in [2.75, 3.05) is 0 Å². The number of carbonyl (C=O) groups excluding carboxylic acids is 1. The molecule has 0 aromatic heterocycles. The fourth-order valence-electron chi connectivity index (χ4n) is 2.10. The van der Waals surface area contributed by atoms with Crippen LogP contribution in [0.1, 0.15) is 24.8 Å². The molecule has 3 nitrogen and oxygen atoms in total. The summed E-state index contributed by atoms with van der Waals surface area (Å²) in [5.41, 5.74) is 6.60. The van der Waals surface area contributed by atoms with E-state index in [1.807, 2.05) is 30.3 Å². The summed E-state index contributed by atoms with van der Waals surface area (Å²) < 4.78 is 0. The first-order valence-corrected chi connectivity index (χ1v) is 5.84. The number of carbonyl (C=O) groups is 1. The first-order chi connectivity index (χ1) is 7.77. The summed E-state index contributed by atoms with van der Waals surface area (Å²) in [4.78, 5) is 11.3. The summed E-state index contributed by atoms with van der Waals surface area (Å²) in [5, 5.41) is 3.26. The Labute approximate surface area is 96.0 Å². The second-order valence-electron chi connectivity index (χ2n) is 4.44. The number of hydrogen-bond donors (Lipinski definition) is 2. The summed E-state index contributed by atoms with van der Waals surface area (Å²) in [6, 6.07) is 9.92. The number of nitrogens with two attached hydrogens (primary N) is 1. The predicted molar refractivity (Wildman–Crippen MR) is 63.6 cm³/mol. The van der Waals surface area contributed by atoms with Crippen molar-refractivity contribution in [3.8, 4) is 0 Å². The number of amides is 1. The molecule has 3 N–H and O–H groups in total. The predicted octanol–water partition coefficient (Wildman–Crippen LogP) is 1.43. The van der Waals surface area contributed by atoms with Gasteiger partial charge in [-0.2, -0.15) is 0 Å². The molecule has 0 saturated heterocycles. The summed E-state index contributed by atoms with van der Waals surface area (Å²) in [5.74, 6) is 0.224. The van der Waals surface area contributed by atoms with Gasteiger partial charge in [-0.3, -0.25) is 4.79 Å². The topological polar surface area (TPSA) is 55.1 Å². The van der Waals surface area contributed by atoms with Crippen LogP contribution in [0.5, 0.6) is 0 Å². The maximum atomic E-state index is 11.3. The number of nitrogens with one attached hydrogen (secondary N) is 1. The maximum absolute atomic E-state index is 11.3. The molecule has 0 radical (unpaired) electrons. The number of hydrogen-bond acceptors (Lipinski definition) is 2. The third-order valence-corrected chi connectivity index (χ3v) is 3.30. The SMILES string of the molecule is NC(=O)[C@H](NCc1ccccc1)C1CCC1. The van der Waals surface area contributed by atoms with Crippen molar-refractivity contribution < 1.29 is 4.79 Å². The molecule has 2 rings (SSSR count). The molecule has 1 aliphatic rings. The maximum Gasteiger partial charge on any atom is 0.234 e. The second kappa shape index (κ2) is 5.12. The standard InChI is InChI=1S/C13H18N2O/c14-13(16)12(11-7-4-8-11)15-9-10-5-2-1-3-6-10/h1-3,5-6,11-12,15H,4,7-9H2,(H2,14,16)/t12-/m1/s1. The smallest absolute Gasteiger partial charge is 0.234 e. The molecule has 1 amide bonds. The van der Waals surface area contributed by atoms with Gasteiger partial charge in [0.1, 0.15) is 0 Å². The highest BCUT2D eigenvalue weighted by Crippen LogP contribution is 2.29. The van der Waals surface area contributed by atoms with Gasteiger partial charge in [0, 0.05) is 6.54 Å².